The normalized spacial score (nSPS) is 12.7. The van der Waals surface area contributed by atoms with E-state index >= 15 is 0 Å². The number of hydrogen-bond donors (Lipinski definition) is 2. The fraction of sp³-hybridized carbons (Fsp3) is 0.217. The molecule has 0 bridgehead atoms. The summed E-state index contributed by atoms with van der Waals surface area (Å²) in [5.41, 5.74) is 1.14. The Morgan fingerprint density at radius 1 is 1.06 bits per heavy atom. The molecule has 168 valence electrons. The number of esters is 1. The second-order valence-electron chi connectivity index (χ2n) is 7.52. The van der Waals surface area contributed by atoms with Gasteiger partial charge < -0.3 is 15.0 Å². The average Bonchev–Trinajstić information content (AvgIpc) is 3.01. The summed E-state index contributed by atoms with van der Waals surface area (Å²) >= 11 is 0. The number of carbonyl (C=O) groups is 4. The van der Waals surface area contributed by atoms with E-state index in [1.807, 2.05) is 0 Å². The molecule has 10 nitrogen and oxygen atoms in total. The molecule has 2 N–H and O–H groups in total. The number of aryl methyl sites for hydroxylation is 1. The van der Waals surface area contributed by atoms with Gasteiger partial charge in [-0.3, -0.25) is 28.9 Å². The van der Waals surface area contributed by atoms with E-state index in [1.54, 1.807) is 24.3 Å². The number of ether oxygens (including phenoxy) is 1. The van der Waals surface area contributed by atoms with Gasteiger partial charge in [0.25, 0.3) is 23.3 Å². The third-order valence-electron chi connectivity index (χ3n) is 5.19. The predicted octanol–water partition coefficient (Wildman–Crippen LogP) is 1.65. The zero-order valence-corrected chi connectivity index (χ0v) is 17.7. The molecule has 3 aromatic rings. The molecule has 1 aliphatic heterocycles. The van der Waals surface area contributed by atoms with Gasteiger partial charge in [0.05, 0.1) is 22.0 Å². The fourth-order valence-electron chi connectivity index (χ4n) is 3.51. The molecule has 0 spiro atoms. The van der Waals surface area contributed by atoms with Crippen LogP contribution in [0.5, 0.6) is 0 Å². The number of hydrogen-bond acceptors (Lipinski definition) is 7. The first-order valence-corrected chi connectivity index (χ1v) is 10.2. The lowest BCUT2D eigenvalue weighted by atomic mass is 10.1. The minimum Gasteiger partial charge on any atom is -0.456 e. The fourth-order valence-corrected chi connectivity index (χ4v) is 3.51. The number of amides is 3. The highest BCUT2D eigenvalue weighted by Crippen LogP contribution is 2.24. The lowest BCUT2D eigenvalue weighted by Crippen LogP contribution is -2.24. The standard InChI is InChI=1S/C23H20N4O6/c1-27-22(31)14-10-9-13(11-16(14)23(27)32)24-19(28)12-33-20(29)8-4-7-18-25-17-6-3-2-5-15(17)21(30)26-18/h2-3,5-6,9-11H,4,7-8,12H2,1H3,(H,24,28)(H,25,26,30). The topological polar surface area (TPSA) is 139 Å². The molecular weight excluding hydrogens is 428 g/mol. The van der Waals surface area contributed by atoms with E-state index in [1.165, 1.54) is 25.2 Å². The van der Waals surface area contributed by atoms with Crippen LogP contribution in [-0.4, -0.2) is 52.2 Å². The molecule has 0 aliphatic carbocycles. The third kappa shape index (κ3) is 4.64. The Balaban J connectivity index is 1.24. The van der Waals surface area contributed by atoms with Crippen LogP contribution in [-0.2, 0) is 20.7 Å². The Labute approximate surface area is 187 Å². The molecule has 0 saturated heterocycles. The first-order chi connectivity index (χ1) is 15.8. The van der Waals surface area contributed by atoms with Crippen molar-refractivity contribution in [3.63, 3.8) is 0 Å². The van der Waals surface area contributed by atoms with Crippen molar-refractivity contribution >= 4 is 40.3 Å². The van der Waals surface area contributed by atoms with E-state index in [4.69, 9.17) is 4.74 Å². The molecule has 1 aromatic heterocycles. The van der Waals surface area contributed by atoms with E-state index in [0.29, 0.717) is 35.3 Å². The van der Waals surface area contributed by atoms with Gasteiger partial charge in [-0.25, -0.2) is 4.98 Å². The molecule has 2 aromatic carbocycles. The van der Waals surface area contributed by atoms with E-state index in [-0.39, 0.29) is 23.1 Å². The number of anilines is 1. The van der Waals surface area contributed by atoms with Crippen molar-refractivity contribution in [1.29, 1.82) is 0 Å². The van der Waals surface area contributed by atoms with Gasteiger partial charge in [0.15, 0.2) is 6.61 Å². The van der Waals surface area contributed by atoms with Gasteiger partial charge in [-0.05, 0) is 36.8 Å². The summed E-state index contributed by atoms with van der Waals surface area (Å²) in [5, 5.41) is 3.03. The molecule has 4 rings (SSSR count). The zero-order valence-electron chi connectivity index (χ0n) is 17.7. The van der Waals surface area contributed by atoms with Crippen LogP contribution < -0.4 is 10.9 Å². The highest BCUT2D eigenvalue weighted by molar-refractivity contribution is 6.21. The van der Waals surface area contributed by atoms with Crippen molar-refractivity contribution < 1.29 is 23.9 Å². The molecule has 10 heteroatoms. The smallest absolute Gasteiger partial charge is 0.306 e. The zero-order chi connectivity index (χ0) is 23.5. The van der Waals surface area contributed by atoms with Gasteiger partial charge in [-0.1, -0.05) is 12.1 Å². The number of nitrogens with one attached hydrogen (secondary N) is 2. The lowest BCUT2D eigenvalue weighted by Gasteiger charge is -2.07. The van der Waals surface area contributed by atoms with Crippen molar-refractivity contribution in [2.45, 2.75) is 19.3 Å². The van der Waals surface area contributed by atoms with Gasteiger partial charge in [0.1, 0.15) is 5.82 Å². The van der Waals surface area contributed by atoms with Gasteiger partial charge in [0.2, 0.25) is 0 Å². The summed E-state index contributed by atoms with van der Waals surface area (Å²) in [7, 11) is 1.38. The molecule has 0 unspecified atom stereocenters. The Hall–Kier alpha value is -4.34. The summed E-state index contributed by atoms with van der Waals surface area (Å²) in [6, 6.07) is 11.4. The molecule has 0 saturated carbocycles. The van der Waals surface area contributed by atoms with Crippen molar-refractivity contribution in [3.8, 4) is 0 Å². The minimum absolute atomic E-state index is 0.0472. The average molecular weight is 448 g/mol. The predicted molar refractivity (Wildman–Crippen MR) is 118 cm³/mol. The first kappa shape index (κ1) is 21.9. The van der Waals surface area contributed by atoms with E-state index in [2.05, 4.69) is 15.3 Å². The largest absolute Gasteiger partial charge is 0.456 e. The SMILES string of the molecule is CN1C(=O)c2ccc(NC(=O)COC(=O)CCCc3nc4ccccc4c(=O)[nH]3)cc2C1=O. The maximum atomic E-state index is 12.1. The highest BCUT2D eigenvalue weighted by atomic mass is 16.5. The number of aromatic nitrogens is 2. The molecule has 33 heavy (non-hydrogen) atoms. The van der Waals surface area contributed by atoms with Crippen LogP contribution in [0, 0.1) is 0 Å². The number of carbonyl (C=O) groups excluding carboxylic acids is 4. The van der Waals surface area contributed by atoms with Crippen molar-refractivity contribution in [2.24, 2.45) is 0 Å². The minimum atomic E-state index is -0.575. The van der Waals surface area contributed by atoms with Crippen LogP contribution in [0.3, 0.4) is 0 Å². The van der Waals surface area contributed by atoms with E-state index in [0.717, 1.165) is 4.90 Å². The van der Waals surface area contributed by atoms with Crippen molar-refractivity contribution in [3.05, 3.63) is 69.8 Å². The Morgan fingerprint density at radius 2 is 1.82 bits per heavy atom. The van der Waals surface area contributed by atoms with Crippen LogP contribution in [0.25, 0.3) is 10.9 Å². The molecule has 1 aliphatic rings. The molecule has 2 heterocycles. The van der Waals surface area contributed by atoms with Crippen LogP contribution >= 0.6 is 0 Å². The van der Waals surface area contributed by atoms with Crippen LogP contribution in [0.4, 0.5) is 5.69 Å². The second-order valence-corrected chi connectivity index (χ2v) is 7.52. The Bertz CT molecular complexity index is 1350. The molecule has 0 atom stereocenters. The lowest BCUT2D eigenvalue weighted by molar-refractivity contribution is -0.147. The van der Waals surface area contributed by atoms with Crippen LogP contribution in [0.15, 0.2) is 47.3 Å². The molecule has 0 radical (unpaired) electrons. The summed E-state index contributed by atoms with van der Waals surface area (Å²) in [6.07, 6.45) is 0.805. The molecular formula is C23H20N4O6. The number of imide groups is 1. The van der Waals surface area contributed by atoms with Crippen LogP contribution in [0.2, 0.25) is 0 Å². The summed E-state index contributed by atoms with van der Waals surface area (Å²) in [5.74, 6) is -1.51. The number of benzene rings is 2. The monoisotopic (exact) mass is 448 g/mol. The number of rotatable bonds is 7. The van der Waals surface area contributed by atoms with E-state index < -0.39 is 30.3 Å². The first-order valence-electron chi connectivity index (χ1n) is 10.2. The van der Waals surface area contributed by atoms with Crippen molar-refractivity contribution in [2.75, 3.05) is 19.0 Å². The van der Waals surface area contributed by atoms with E-state index in [9.17, 15) is 24.0 Å². The maximum absolute atomic E-state index is 12.1. The quantitative estimate of drug-likeness (QED) is 0.414. The Morgan fingerprint density at radius 3 is 2.64 bits per heavy atom. The summed E-state index contributed by atoms with van der Waals surface area (Å²) < 4.78 is 4.98. The summed E-state index contributed by atoms with van der Waals surface area (Å²) in [6.45, 7) is -0.492. The second kappa shape index (κ2) is 9.03. The van der Waals surface area contributed by atoms with Crippen LogP contribution in [0.1, 0.15) is 39.4 Å². The Kier molecular flexibility index (Phi) is 5.99. The van der Waals surface area contributed by atoms with Gasteiger partial charge >= 0.3 is 5.97 Å². The third-order valence-corrected chi connectivity index (χ3v) is 5.19. The number of aromatic amines is 1. The van der Waals surface area contributed by atoms with Crippen molar-refractivity contribution in [1.82, 2.24) is 14.9 Å². The highest BCUT2D eigenvalue weighted by Gasteiger charge is 2.32. The molecule has 3 amide bonds. The molecule has 0 fully saturated rings. The summed E-state index contributed by atoms with van der Waals surface area (Å²) in [4.78, 5) is 68.1. The number of para-hydroxylation sites is 1. The van der Waals surface area contributed by atoms with Gasteiger partial charge in [0, 0.05) is 25.6 Å². The van der Waals surface area contributed by atoms with Gasteiger partial charge in [-0.2, -0.15) is 0 Å². The number of H-pyrrole nitrogens is 1. The maximum Gasteiger partial charge on any atom is 0.306 e. The number of fused-ring (bicyclic) bond motifs is 2. The van der Waals surface area contributed by atoms with Gasteiger partial charge in [-0.15, -0.1) is 0 Å². The number of nitrogens with zero attached hydrogens (tertiary/aromatic N) is 2.